The molecule has 0 radical (unpaired) electrons. The monoisotopic (exact) mass is 247 g/mol. The van der Waals surface area contributed by atoms with Crippen LogP contribution in [0.15, 0.2) is 24.3 Å². The van der Waals surface area contributed by atoms with Gasteiger partial charge in [-0.3, -0.25) is 9.59 Å². The maximum absolute atomic E-state index is 11.4. The van der Waals surface area contributed by atoms with Gasteiger partial charge < -0.3 is 16.2 Å². The van der Waals surface area contributed by atoms with E-state index in [1.165, 1.54) is 0 Å². The maximum Gasteiger partial charge on any atom is 0.305 e. The first-order chi connectivity index (χ1) is 8.52. The number of benzene rings is 1. The highest BCUT2D eigenvalue weighted by atomic mass is 16.4. The SMILES string of the molecule is N#Cc1cccc(CNC(=O)C(N)CC(=O)O)c1. The summed E-state index contributed by atoms with van der Waals surface area (Å²) in [5.41, 5.74) is 6.64. The van der Waals surface area contributed by atoms with Gasteiger partial charge in [-0.15, -0.1) is 0 Å². The standard InChI is InChI=1S/C12H13N3O3/c13-6-8-2-1-3-9(4-8)7-15-12(18)10(14)5-11(16)17/h1-4,10H,5,7,14H2,(H,15,18)(H,16,17). The summed E-state index contributed by atoms with van der Waals surface area (Å²) in [6.07, 6.45) is -0.413. The highest BCUT2D eigenvalue weighted by Crippen LogP contribution is 2.03. The Morgan fingerprint density at radius 1 is 1.50 bits per heavy atom. The number of amides is 1. The zero-order chi connectivity index (χ0) is 13.5. The number of nitrogens with one attached hydrogen (secondary N) is 1. The van der Waals surface area contributed by atoms with Gasteiger partial charge in [0.05, 0.1) is 24.1 Å². The van der Waals surface area contributed by atoms with Crippen LogP contribution < -0.4 is 11.1 Å². The van der Waals surface area contributed by atoms with Crippen LogP contribution in [0.1, 0.15) is 17.5 Å². The van der Waals surface area contributed by atoms with Crippen LogP contribution in [0.3, 0.4) is 0 Å². The Balaban J connectivity index is 2.52. The molecule has 1 aromatic rings. The number of carboxylic acids is 1. The Hall–Kier alpha value is -2.39. The largest absolute Gasteiger partial charge is 0.481 e. The molecular weight excluding hydrogens is 234 g/mol. The molecular formula is C12H13N3O3. The molecule has 0 fully saturated rings. The van der Waals surface area contributed by atoms with Crippen molar-refractivity contribution in [3.05, 3.63) is 35.4 Å². The number of nitrogens with zero attached hydrogens (tertiary/aromatic N) is 1. The lowest BCUT2D eigenvalue weighted by Gasteiger charge is -2.10. The highest BCUT2D eigenvalue weighted by molar-refractivity contribution is 5.85. The molecule has 4 N–H and O–H groups in total. The molecule has 1 aromatic carbocycles. The van der Waals surface area contributed by atoms with Crippen molar-refractivity contribution in [2.45, 2.75) is 19.0 Å². The van der Waals surface area contributed by atoms with Gasteiger partial charge in [0.15, 0.2) is 0 Å². The van der Waals surface area contributed by atoms with Crippen LogP contribution in [0.25, 0.3) is 0 Å². The van der Waals surface area contributed by atoms with Crippen molar-refractivity contribution in [2.24, 2.45) is 5.73 Å². The Kier molecular flexibility index (Phi) is 4.84. The van der Waals surface area contributed by atoms with E-state index in [0.29, 0.717) is 5.56 Å². The minimum atomic E-state index is -1.12. The highest BCUT2D eigenvalue weighted by Gasteiger charge is 2.16. The normalized spacial score (nSPS) is 11.3. The molecule has 0 aliphatic heterocycles. The Bertz CT molecular complexity index is 494. The predicted molar refractivity (Wildman–Crippen MR) is 63.2 cm³/mol. The summed E-state index contributed by atoms with van der Waals surface area (Å²) in [7, 11) is 0. The van der Waals surface area contributed by atoms with Crippen LogP contribution in [0.2, 0.25) is 0 Å². The fourth-order valence-corrected chi connectivity index (χ4v) is 1.35. The molecule has 1 rings (SSSR count). The van der Waals surface area contributed by atoms with E-state index in [1.54, 1.807) is 24.3 Å². The molecule has 0 bridgehead atoms. The lowest BCUT2D eigenvalue weighted by Crippen LogP contribution is -2.41. The number of aliphatic carboxylic acids is 1. The zero-order valence-electron chi connectivity index (χ0n) is 9.59. The fraction of sp³-hybridized carbons (Fsp3) is 0.250. The summed E-state index contributed by atoms with van der Waals surface area (Å²) in [6, 6.07) is 7.68. The number of nitrogens with two attached hydrogens (primary N) is 1. The van der Waals surface area contributed by atoms with E-state index in [9.17, 15) is 9.59 Å². The number of hydrogen-bond donors (Lipinski definition) is 3. The quantitative estimate of drug-likeness (QED) is 0.676. The van der Waals surface area contributed by atoms with E-state index < -0.39 is 24.3 Å². The second-order valence-electron chi connectivity index (χ2n) is 3.73. The molecule has 1 unspecified atom stereocenters. The number of carbonyl (C=O) groups excluding carboxylic acids is 1. The number of hydrogen-bond acceptors (Lipinski definition) is 4. The zero-order valence-corrected chi connectivity index (χ0v) is 9.59. The second-order valence-corrected chi connectivity index (χ2v) is 3.73. The van der Waals surface area contributed by atoms with E-state index in [2.05, 4.69) is 5.32 Å². The lowest BCUT2D eigenvalue weighted by atomic mass is 10.1. The van der Waals surface area contributed by atoms with Gasteiger partial charge in [-0.25, -0.2) is 0 Å². The van der Waals surface area contributed by atoms with Crippen LogP contribution in [-0.4, -0.2) is 23.0 Å². The summed E-state index contributed by atoms with van der Waals surface area (Å²) in [5, 5.41) is 19.7. The average Bonchev–Trinajstić information content (AvgIpc) is 2.35. The van der Waals surface area contributed by atoms with Crippen molar-refractivity contribution in [1.29, 1.82) is 5.26 Å². The minimum absolute atomic E-state index is 0.210. The van der Waals surface area contributed by atoms with Gasteiger partial charge in [0, 0.05) is 6.54 Å². The van der Waals surface area contributed by atoms with Crippen molar-refractivity contribution in [1.82, 2.24) is 5.32 Å². The number of carboxylic acid groups (broad SMARTS) is 1. The topological polar surface area (TPSA) is 116 Å². The van der Waals surface area contributed by atoms with Gasteiger partial charge in [-0.05, 0) is 17.7 Å². The first-order valence-corrected chi connectivity index (χ1v) is 5.27. The third kappa shape index (κ3) is 4.23. The molecule has 0 spiro atoms. The molecule has 0 aliphatic carbocycles. The molecule has 0 aliphatic rings. The van der Waals surface area contributed by atoms with Crippen molar-refractivity contribution >= 4 is 11.9 Å². The van der Waals surface area contributed by atoms with Crippen LogP contribution in [0, 0.1) is 11.3 Å². The van der Waals surface area contributed by atoms with Crippen molar-refractivity contribution in [3.8, 4) is 6.07 Å². The van der Waals surface area contributed by atoms with Gasteiger partial charge in [0.2, 0.25) is 5.91 Å². The van der Waals surface area contributed by atoms with Gasteiger partial charge in [0.1, 0.15) is 0 Å². The Morgan fingerprint density at radius 3 is 2.83 bits per heavy atom. The molecule has 6 heteroatoms. The van der Waals surface area contributed by atoms with Crippen molar-refractivity contribution in [3.63, 3.8) is 0 Å². The number of rotatable bonds is 5. The molecule has 1 atom stereocenters. The molecule has 6 nitrogen and oxygen atoms in total. The first kappa shape index (κ1) is 13.7. The van der Waals surface area contributed by atoms with Crippen LogP contribution >= 0.6 is 0 Å². The van der Waals surface area contributed by atoms with Gasteiger partial charge in [-0.2, -0.15) is 5.26 Å². The molecule has 0 saturated heterocycles. The van der Waals surface area contributed by atoms with E-state index in [1.807, 2.05) is 6.07 Å². The van der Waals surface area contributed by atoms with E-state index in [4.69, 9.17) is 16.1 Å². The molecule has 94 valence electrons. The summed E-state index contributed by atoms with van der Waals surface area (Å²) >= 11 is 0. The minimum Gasteiger partial charge on any atom is -0.481 e. The molecule has 0 heterocycles. The third-order valence-corrected chi connectivity index (χ3v) is 2.25. The van der Waals surface area contributed by atoms with E-state index in [-0.39, 0.29) is 6.54 Å². The van der Waals surface area contributed by atoms with Crippen LogP contribution in [0.4, 0.5) is 0 Å². The summed E-state index contributed by atoms with van der Waals surface area (Å²) in [5.74, 6) is -1.65. The smallest absolute Gasteiger partial charge is 0.305 e. The summed E-state index contributed by atoms with van der Waals surface area (Å²) < 4.78 is 0. The van der Waals surface area contributed by atoms with Crippen molar-refractivity contribution < 1.29 is 14.7 Å². The lowest BCUT2D eigenvalue weighted by molar-refractivity contribution is -0.139. The number of nitriles is 1. The molecule has 1 amide bonds. The Morgan fingerprint density at radius 2 is 2.22 bits per heavy atom. The Labute approximate surface area is 104 Å². The van der Waals surface area contributed by atoms with E-state index in [0.717, 1.165) is 5.56 Å². The van der Waals surface area contributed by atoms with Gasteiger partial charge in [0.25, 0.3) is 0 Å². The average molecular weight is 247 g/mol. The van der Waals surface area contributed by atoms with Gasteiger partial charge >= 0.3 is 5.97 Å². The molecule has 0 saturated carbocycles. The third-order valence-electron chi connectivity index (χ3n) is 2.25. The fourth-order valence-electron chi connectivity index (χ4n) is 1.35. The first-order valence-electron chi connectivity index (χ1n) is 5.27. The molecule has 18 heavy (non-hydrogen) atoms. The maximum atomic E-state index is 11.4. The van der Waals surface area contributed by atoms with Crippen LogP contribution in [-0.2, 0) is 16.1 Å². The predicted octanol–water partition coefficient (Wildman–Crippen LogP) is -0.0235. The van der Waals surface area contributed by atoms with E-state index >= 15 is 0 Å². The van der Waals surface area contributed by atoms with Crippen LogP contribution in [0.5, 0.6) is 0 Å². The second kappa shape index (κ2) is 6.37. The summed E-state index contributed by atoms with van der Waals surface area (Å²) in [4.78, 5) is 21.8. The van der Waals surface area contributed by atoms with Gasteiger partial charge in [-0.1, -0.05) is 12.1 Å². The molecule has 0 aromatic heterocycles. The van der Waals surface area contributed by atoms with Crippen molar-refractivity contribution in [2.75, 3.05) is 0 Å². The summed E-state index contributed by atoms with van der Waals surface area (Å²) in [6.45, 7) is 0.210. The number of carbonyl (C=O) groups is 2.